The number of carboxylic acid groups (broad SMARTS) is 1. The van der Waals surface area contributed by atoms with Gasteiger partial charge < -0.3 is 10.4 Å². The highest BCUT2D eigenvalue weighted by Crippen LogP contribution is 2.36. The van der Waals surface area contributed by atoms with Gasteiger partial charge in [0, 0.05) is 12.6 Å². The third-order valence-electron chi connectivity index (χ3n) is 5.13. The molecule has 1 aliphatic rings. The number of carbonyl (C=O) groups excluding carboxylic acids is 1. The topological polar surface area (TPSA) is 101 Å². The molecule has 0 saturated heterocycles. The minimum absolute atomic E-state index is 0.0701. The van der Waals surface area contributed by atoms with Gasteiger partial charge in [0.2, 0.25) is 0 Å². The van der Waals surface area contributed by atoms with Crippen molar-refractivity contribution in [3.63, 3.8) is 0 Å². The maximum absolute atomic E-state index is 12.5. The lowest BCUT2D eigenvalue weighted by Gasteiger charge is -2.33. The van der Waals surface area contributed by atoms with Crippen molar-refractivity contribution in [3.05, 3.63) is 64.1 Å². The molecule has 0 atom stereocenters. The summed E-state index contributed by atoms with van der Waals surface area (Å²) < 4.78 is 1.23. The molecule has 1 heterocycles. The number of aliphatic carboxylic acids is 1. The molecule has 3 rings (SSSR count). The van der Waals surface area contributed by atoms with Crippen molar-refractivity contribution in [1.82, 2.24) is 15.1 Å². The number of amides is 1. The van der Waals surface area contributed by atoms with E-state index in [1.165, 1.54) is 16.8 Å². The fraction of sp³-hybridized carbons (Fsp3) is 0.400. The normalized spacial score (nSPS) is 15.9. The fourth-order valence-corrected chi connectivity index (χ4v) is 3.47. The van der Waals surface area contributed by atoms with E-state index in [1.807, 2.05) is 30.3 Å². The van der Waals surface area contributed by atoms with Gasteiger partial charge in [-0.25, -0.2) is 4.68 Å². The summed E-state index contributed by atoms with van der Waals surface area (Å²) in [5.41, 5.74) is -0.213. The molecular weight excluding hydrogens is 346 g/mol. The standard InChI is InChI=1S/C20H23N3O4/c24-17-10-9-16(22-23(17)13-15-7-3-1-4-8-15)18(25)21-14-20(19(26)27)11-5-2-6-12-20/h1,3-4,7-10H,2,5-6,11-14H2,(H,21,25)(H,26,27). The van der Waals surface area contributed by atoms with Crippen molar-refractivity contribution in [3.8, 4) is 0 Å². The number of hydrogen-bond donors (Lipinski definition) is 2. The van der Waals surface area contributed by atoms with Gasteiger partial charge in [-0.1, -0.05) is 49.6 Å². The molecule has 0 bridgehead atoms. The van der Waals surface area contributed by atoms with Crippen LogP contribution in [0.3, 0.4) is 0 Å². The first-order valence-corrected chi connectivity index (χ1v) is 9.14. The van der Waals surface area contributed by atoms with Gasteiger partial charge in [-0.15, -0.1) is 0 Å². The maximum atomic E-state index is 12.5. The third-order valence-corrected chi connectivity index (χ3v) is 5.13. The Morgan fingerprint density at radius 3 is 2.44 bits per heavy atom. The second-order valence-corrected chi connectivity index (χ2v) is 7.03. The SMILES string of the molecule is O=C(NCC1(C(=O)O)CCCCC1)c1ccc(=O)n(Cc2ccccc2)n1. The number of hydrogen-bond acceptors (Lipinski definition) is 4. The first-order chi connectivity index (χ1) is 13.0. The smallest absolute Gasteiger partial charge is 0.311 e. The summed E-state index contributed by atoms with van der Waals surface area (Å²) in [7, 11) is 0. The Kier molecular flexibility index (Phi) is 5.69. The zero-order valence-electron chi connectivity index (χ0n) is 15.1. The average Bonchev–Trinajstić information content (AvgIpc) is 2.69. The van der Waals surface area contributed by atoms with E-state index < -0.39 is 17.3 Å². The molecule has 0 radical (unpaired) electrons. The predicted molar refractivity (Wildman–Crippen MR) is 99.5 cm³/mol. The predicted octanol–water partition coefficient (Wildman–Crippen LogP) is 2.06. The highest BCUT2D eigenvalue weighted by atomic mass is 16.4. The van der Waals surface area contributed by atoms with Gasteiger partial charge in [0.05, 0.1) is 12.0 Å². The van der Waals surface area contributed by atoms with Crippen molar-refractivity contribution in [2.45, 2.75) is 38.6 Å². The molecule has 0 spiro atoms. The van der Waals surface area contributed by atoms with Crippen molar-refractivity contribution in [1.29, 1.82) is 0 Å². The van der Waals surface area contributed by atoms with E-state index >= 15 is 0 Å². The second kappa shape index (κ2) is 8.16. The van der Waals surface area contributed by atoms with Crippen LogP contribution in [0, 0.1) is 5.41 Å². The number of benzene rings is 1. The van der Waals surface area contributed by atoms with Crippen molar-refractivity contribution in [2.75, 3.05) is 6.54 Å². The molecule has 27 heavy (non-hydrogen) atoms. The molecule has 1 saturated carbocycles. The van der Waals surface area contributed by atoms with Crippen LogP contribution in [-0.4, -0.2) is 33.3 Å². The summed E-state index contributed by atoms with van der Waals surface area (Å²) in [5.74, 6) is -1.34. The van der Waals surface area contributed by atoms with Crippen molar-refractivity contribution >= 4 is 11.9 Å². The van der Waals surface area contributed by atoms with Crippen LogP contribution < -0.4 is 10.9 Å². The van der Waals surface area contributed by atoms with Gasteiger partial charge in [-0.2, -0.15) is 5.10 Å². The number of carbonyl (C=O) groups is 2. The molecule has 0 unspecified atom stereocenters. The number of nitrogens with one attached hydrogen (secondary N) is 1. The molecule has 2 N–H and O–H groups in total. The van der Waals surface area contributed by atoms with E-state index in [0.717, 1.165) is 24.8 Å². The van der Waals surface area contributed by atoms with Crippen LogP contribution in [0.25, 0.3) is 0 Å². The maximum Gasteiger partial charge on any atom is 0.311 e. The quantitative estimate of drug-likeness (QED) is 0.812. The zero-order chi connectivity index (χ0) is 19.3. The lowest BCUT2D eigenvalue weighted by molar-refractivity contribution is -0.150. The van der Waals surface area contributed by atoms with Gasteiger partial charge in [-0.05, 0) is 24.5 Å². The minimum atomic E-state index is -0.910. The van der Waals surface area contributed by atoms with Crippen LogP contribution >= 0.6 is 0 Å². The van der Waals surface area contributed by atoms with Gasteiger partial charge in [0.15, 0.2) is 0 Å². The summed E-state index contributed by atoms with van der Waals surface area (Å²) in [6, 6.07) is 12.0. The largest absolute Gasteiger partial charge is 0.481 e. The Morgan fingerprint density at radius 1 is 1.07 bits per heavy atom. The van der Waals surface area contributed by atoms with Crippen LogP contribution in [0.1, 0.15) is 48.2 Å². The van der Waals surface area contributed by atoms with Gasteiger partial charge >= 0.3 is 5.97 Å². The molecule has 7 heteroatoms. The molecular formula is C20H23N3O4. The Labute approximate surface area is 157 Å². The summed E-state index contributed by atoms with van der Waals surface area (Å²) in [6.07, 6.45) is 3.84. The van der Waals surface area contributed by atoms with Crippen LogP contribution in [0.2, 0.25) is 0 Å². The third kappa shape index (κ3) is 4.42. The van der Waals surface area contributed by atoms with E-state index in [0.29, 0.717) is 12.8 Å². The average molecular weight is 369 g/mol. The molecule has 1 fully saturated rings. The van der Waals surface area contributed by atoms with Crippen LogP contribution in [0.5, 0.6) is 0 Å². The van der Waals surface area contributed by atoms with Crippen LogP contribution in [-0.2, 0) is 11.3 Å². The molecule has 1 aromatic carbocycles. The van der Waals surface area contributed by atoms with Crippen molar-refractivity contribution < 1.29 is 14.7 Å². The summed E-state index contributed by atoms with van der Waals surface area (Å²) in [5, 5.41) is 16.5. The van der Waals surface area contributed by atoms with Crippen molar-refractivity contribution in [2.24, 2.45) is 5.41 Å². The molecule has 0 aliphatic heterocycles. The highest BCUT2D eigenvalue weighted by molar-refractivity contribution is 5.92. The molecule has 142 valence electrons. The Bertz CT molecular complexity index is 870. The number of carboxylic acids is 1. The Balaban J connectivity index is 1.72. The lowest BCUT2D eigenvalue weighted by Crippen LogP contribution is -2.44. The van der Waals surface area contributed by atoms with E-state index in [1.54, 1.807) is 0 Å². The molecule has 1 amide bonds. The van der Waals surface area contributed by atoms with E-state index in [2.05, 4.69) is 10.4 Å². The fourth-order valence-electron chi connectivity index (χ4n) is 3.47. The molecule has 1 aliphatic carbocycles. The van der Waals surface area contributed by atoms with Crippen LogP contribution in [0.4, 0.5) is 0 Å². The second-order valence-electron chi connectivity index (χ2n) is 7.03. The number of aromatic nitrogens is 2. The van der Waals surface area contributed by atoms with E-state index in [4.69, 9.17) is 0 Å². The Hall–Kier alpha value is -2.96. The van der Waals surface area contributed by atoms with Gasteiger partial charge in [0.25, 0.3) is 11.5 Å². The highest BCUT2D eigenvalue weighted by Gasteiger charge is 2.39. The number of nitrogens with zero attached hydrogens (tertiary/aromatic N) is 2. The van der Waals surface area contributed by atoms with E-state index in [-0.39, 0.29) is 24.3 Å². The van der Waals surface area contributed by atoms with Gasteiger partial charge in [0.1, 0.15) is 5.69 Å². The molecule has 1 aromatic heterocycles. The first kappa shape index (κ1) is 18.8. The van der Waals surface area contributed by atoms with Crippen LogP contribution in [0.15, 0.2) is 47.3 Å². The monoisotopic (exact) mass is 369 g/mol. The van der Waals surface area contributed by atoms with E-state index in [9.17, 15) is 19.5 Å². The summed E-state index contributed by atoms with van der Waals surface area (Å²) in [4.78, 5) is 36.2. The summed E-state index contributed by atoms with van der Waals surface area (Å²) >= 11 is 0. The molecule has 2 aromatic rings. The Morgan fingerprint density at radius 2 is 1.78 bits per heavy atom. The van der Waals surface area contributed by atoms with Gasteiger partial charge in [-0.3, -0.25) is 14.4 Å². The molecule has 7 nitrogen and oxygen atoms in total. The first-order valence-electron chi connectivity index (χ1n) is 9.14. The lowest BCUT2D eigenvalue weighted by atomic mass is 9.74. The summed E-state index contributed by atoms with van der Waals surface area (Å²) in [6.45, 7) is 0.334. The minimum Gasteiger partial charge on any atom is -0.481 e. The number of rotatable bonds is 6. The zero-order valence-corrected chi connectivity index (χ0v) is 15.1.